The lowest BCUT2D eigenvalue weighted by Crippen LogP contribution is -1.83. The van der Waals surface area contributed by atoms with Gasteiger partial charge in [0.05, 0.1) is 7.11 Å². The summed E-state index contributed by atoms with van der Waals surface area (Å²) in [6.07, 6.45) is 2.71. The lowest BCUT2D eigenvalue weighted by molar-refractivity contribution is 0.303. The Kier molecular flexibility index (Phi) is 4.97. The highest BCUT2D eigenvalue weighted by molar-refractivity contribution is 14.1. The minimum Gasteiger partial charge on any atom is -0.497 e. The summed E-state index contributed by atoms with van der Waals surface area (Å²) in [7, 11) is 1.65. The maximum absolute atomic E-state index is 8.68. The standard InChI is InChI=1S/C11H13IO2/c1-14-10-6-4-9(5-7-10)11(12)3-2-8-13/h3-7,13H,2,8H2,1H3/b11-3+. The number of benzene rings is 1. The summed E-state index contributed by atoms with van der Waals surface area (Å²) < 4.78 is 6.22. The van der Waals surface area contributed by atoms with Gasteiger partial charge in [-0.3, -0.25) is 0 Å². The number of methoxy groups -OCH3 is 1. The molecular formula is C11H13IO2. The molecule has 0 saturated heterocycles. The van der Waals surface area contributed by atoms with E-state index < -0.39 is 0 Å². The van der Waals surface area contributed by atoms with Gasteiger partial charge in [0.25, 0.3) is 0 Å². The molecule has 2 nitrogen and oxygen atoms in total. The van der Waals surface area contributed by atoms with E-state index in [1.54, 1.807) is 7.11 Å². The van der Waals surface area contributed by atoms with Crippen LogP contribution in [0.25, 0.3) is 3.58 Å². The number of rotatable bonds is 4. The maximum Gasteiger partial charge on any atom is 0.118 e. The fourth-order valence-electron chi connectivity index (χ4n) is 1.06. The van der Waals surface area contributed by atoms with E-state index in [1.165, 1.54) is 0 Å². The van der Waals surface area contributed by atoms with Crippen LogP contribution in [0.5, 0.6) is 5.75 Å². The first kappa shape index (κ1) is 11.5. The molecule has 0 heterocycles. The molecule has 0 radical (unpaired) electrons. The molecule has 0 saturated carbocycles. The van der Waals surface area contributed by atoms with Crippen LogP contribution in [0.3, 0.4) is 0 Å². The van der Waals surface area contributed by atoms with Crippen LogP contribution in [0.1, 0.15) is 12.0 Å². The monoisotopic (exact) mass is 304 g/mol. The summed E-state index contributed by atoms with van der Waals surface area (Å²) in [6, 6.07) is 7.88. The summed E-state index contributed by atoms with van der Waals surface area (Å²) in [5.74, 6) is 0.861. The second-order valence-electron chi connectivity index (χ2n) is 2.79. The first-order valence-corrected chi connectivity index (χ1v) is 5.46. The summed E-state index contributed by atoms with van der Waals surface area (Å²) in [6.45, 7) is 0.197. The van der Waals surface area contributed by atoms with Crippen molar-refractivity contribution in [3.63, 3.8) is 0 Å². The van der Waals surface area contributed by atoms with Crippen molar-refractivity contribution in [1.29, 1.82) is 0 Å². The van der Waals surface area contributed by atoms with Crippen molar-refractivity contribution in [2.24, 2.45) is 0 Å². The highest BCUT2D eigenvalue weighted by atomic mass is 127. The van der Waals surface area contributed by atoms with Crippen LogP contribution in [-0.4, -0.2) is 18.8 Å². The van der Waals surface area contributed by atoms with Crippen LogP contribution in [0.2, 0.25) is 0 Å². The highest BCUT2D eigenvalue weighted by Crippen LogP contribution is 2.24. The van der Waals surface area contributed by atoms with Gasteiger partial charge >= 0.3 is 0 Å². The first-order valence-electron chi connectivity index (χ1n) is 4.39. The summed E-state index contributed by atoms with van der Waals surface area (Å²) >= 11 is 2.26. The molecule has 3 heteroatoms. The zero-order valence-corrected chi connectivity index (χ0v) is 10.2. The topological polar surface area (TPSA) is 29.5 Å². The van der Waals surface area contributed by atoms with E-state index in [0.29, 0.717) is 6.42 Å². The Hall–Kier alpha value is -0.550. The predicted octanol–water partition coefficient (Wildman–Crippen LogP) is 2.85. The van der Waals surface area contributed by atoms with E-state index >= 15 is 0 Å². The summed E-state index contributed by atoms with van der Waals surface area (Å²) in [5, 5.41) is 8.68. The maximum atomic E-state index is 8.68. The van der Waals surface area contributed by atoms with Crippen LogP contribution in [-0.2, 0) is 0 Å². The fourth-order valence-corrected chi connectivity index (χ4v) is 1.73. The molecule has 14 heavy (non-hydrogen) atoms. The van der Waals surface area contributed by atoms with E-state index in [2.05, 4.69) is 22.6 Å². The summed E-state index contributed by atoms with van der Waals surface area (Å²) in [5.41, 5.74) is 1.15. The van der Waals surface area contributed by atoms with Crippen molar-refractivity contribution in [2.45, 2.75) is 6.42 Å². The van der Waals surface area contributed by atoms with E-state index in [-0.39, 0.29) is 6.61 Å². The molecule has 0 aromatic heterocycles. The molecule has 0 aliphatic rings. The molecule has 0 amide bonds. The minimum atomic E-state index is 0.197. The highest BCUT2D eigenvalue weighted by Gasteiger charge is 1.97. The van der Waals surface area contributed by atoms with Crippen molar-refractivity contribution in [3.8, 4) is 5.75 Å². The molecule has 0 fully saturated rings. The molecule has 1 aromatic carbocycles. The Bertz CT molecular complexity index is 304. The second kappa shape index (κ2) is 6.03. The molecule has 1 rings (SSSR count). The fraction of sp³-hybridized carbons (Fsp3) is 0.273. The van der Waals surface area contributed by atoms with Gasteiger partial charge < -0.3 is 9.84 Å². The second-order valence-corrected chi connectivity index (χ2v) is 3.96. The SMILES string of the molecule is COc1ccc(/C(I)=C\CCO)cc1. The normalized spacial score (nSPS) is 11.5. The summed E-state index contributed by atoms with van der Waals surface area (Å²) in [4.78, 5) is 0. The van der Waals surface area contributed by atoms with Gasteiger partial charge in [-0.05, 0) is 46.7 Å². The number of hydrogen-bond donors (Lipinski definition) is 1. The molecule has 1 N–H and O–H groups in total. The predicted molar refractivity (Wildman–Crippen MR) is 66.7 cm³/mol. The van der Waals surface area contributed by atoms with Crippen molar-refractivity contribution >= 4 is 26.2 Å². The van der Waals surface area contributed by atoms with Gasteiger partial charge in [0.15, 0.2) is 0 Å². The van der Waals surface area contributed by atoms with Crippen LogP contribution in [0.4, 0.5) is 0 Å². The average molecular weight is 304 g/mol. The number of ether oxygens (including phenoxy) is 1. The quantitative estimate of drug-likeness (QED) is 0.867. The van der Waals surface area contributed by atoms with Crippen molar-refractivity contribution in [3.05, 3.63) is 35.9 Å². The first-order chi connectivity index (χ1) is 6.77. The third-order valence-electron chi connectivity index (χ3n) is 1.82. The van der Waals surface area contributed by atoms with E-state index in [1.807, 2.05) is 30.3 Å². The molecule has 0 spiro atoms. The molecule has 0 aliphatic carbocycles. The van der Waals surface area contributed by atoms with Gasteiger partial charge in [0.1, 0.15) is 5.75 Å². The molecule has 1 aromatic rings. The van der Waals surface area contributed by atoms with Crippen molar-refractivity contribution in [1.82, 2.24) is 0 Å². The molecular weight excluding hydrogens is 291 g/mol. The number of aliphatic hydroxyl groups is 1. The zero-order valence-electron chi connectivity index (χ0n) is 8.03. The minimum absolute atomic E-state index is 0.197. The number of hydrogen-bond acceptors (Lipinski definition) is 2. The van der Waals surface area contributed by atoms with Crippen molar-refractivity contribution < 1.29 is 9.84 Å². The average Bonchev–Trinajstić information content (AvgIpc) is 2.26. The number of aliphatic hydroxyl groups excluding tert-OH is 1. The Labute approximate surface area is 97.7 Å². The Morgan fingerprint density at radius 3 is 2.57 bits per heavy atom. The molecule has 76 valence electrons. The Balaban J connectivity index is 2.76. The van der Waals surface area contributed by atoms with Crippen LogP contribution < -0.4 is 4.74 Å². The van der Waals surface area contributed by atoms with Crippen LogP contribution >= 0.6 is 22.6 Å². The van der Waals surface area contributed by atoms with Crippen molar-refractivity contribution in [2.75, 3.05) is 13.7 Å². The van der Waals surface area contributed by atoms with E-state index in [4.69, 9.17) is 9.84 Å². The molecule has 0 atom stereocenters. The lowest BCUT2D eigenvalue weighted by Gasteiger charge is -2.02. The van der Waals surface area contributed by atoms with Gasteiger partial charge in [-0.25, -0.2) is 0 Å². The Morgan fingerprint density at radius 1 is 1.43 bits per heavy atom. The molecule has 0 bridgehead atoms. The largest absolute Gasteiger partial charge is 0.497 e. The lowest BCUT2D eigenvalue weighted by atomic mass is 10.2. The third kappa shape index (κ3) is 3.31. The van der Waals surface area contributed by atoms with Crippen LogP contribution in [0.15, 0.2) is 30.3 Å². The van der Waals surface area contributed by atoms with E-state index in [9.17, 15) is 0 Å². The Morgan fingerprint density at radius 2 is 2.07 bits per heavy atom. The molecule has 0 unspecified atom stereocenters. The van der Waals surface area contributed by atoms with Crippen LogP contribution in [0, 0.1) is 0 Å². The van der Waals surface area contributed by atoms with Gasteiger partial charge in [-0.15, -0.1) is 0 Å². The van der Waals surface area contributed by atoms with E-state index in [0.717, 1.165) is 14.9 Å². The van der Waals surface area contributed by atoms with Gasteiger partial charge in [-0.1, -0.05) is 18.2 Å². The van der Waals surface area contributed by atoms with Gasteiger partial charge in [0, 0.05) is 10.2 Å². The zero-order chi connectivity index (χ0) is 10.4. The third-order valence-corrected chi connectivity index (χ3v) is 2.88. The molecule has 0 aliphatic heterocycles. The van der Waals surface area contributed by atoms with Gasteiger partial charge in [0.2, 0.25) is 0 Å². The smallest absolute Gasteiger partial charge is 0.118 e. The van der Waals surface area contributed by atoms with Gasteiger partial charge in [-0.2, -0.15) is 0 Å². The number of halogens is 1.